The third-order valence-corrected chi connectivity index (χ3v) is 5.16. The average molecular weight is 399 g/mol. The van der Waals surface area contributed by atoms with Crippen LogP contribution in [0.15, 0.2) is 47.5 Å². The molecule has 0 saturated carbocycles. The van der Waals surface area contributed by atoms with Gasteiger partial charge in [-0.2, -0.15) is 0 Å². The summed E-state index contributed by atoms with van der Waals surface area (Å²) in [5.74, 6) is 3.27. The van der Waals surface area contributed by atoms with Crippen molar-refractivity contribution in [1.82, 2.24) is 5.32 Å². The van der Waals surface area contributed by atoms with Gasteiger partial charge in [0, 0.05) is 19.6 Å². The van der Waals surface area contributed by atoms with Crippen molar-refractivity contribution >= 4 is 11.6 Å². The van der Waals surface area contributed by atoms with E-state index in [9.17, 15) is 0 Å². The Labute approximate surface area is 172 Å². The van der Waals surface area contributed by atoms with Crippen molar-refractivity contribution in [2.75, 3.05) is 45.9 Å². The maximum atomic E-state index is 6.07. The van der Waals surface area contributed by atoms with Crippen LogP contribution in [-0.2, 0) is 6.54 Å². The lowest BCUT2D eigenvalue weighted by Crippen LogP contribution is -2.36. The van der Waals surface area contributed by atoms with Crippen LogP contribution in [0.4, 0.5) is 5.69 Å². The summed E-state index contributed by atoms with van der Waals surface area (Å²) in [4.78, 5) is 6.81. The van der Waals surface area contributed by atoms with Gasteiger partial charge in [-0.1, -0.05) is 18.2 Å². The molecular formula is C22H30N4O3. The number of hydrogen-bond acceptors (Lipinski definition) is 5. The largest absolute Gasteiger partial charge is 0.495 e. The van der Waals surface area contributed by atoms with Gasteiger partial charge < -0.3 is 30.2 Å². The molecular weight excluding hydrogens is 368 g/mol. The van der Waals surface area contributed by atoms with Gasteiger partial charge in [-0.3, -0.25) is 0 Å². The highest BCUT2D eigenvalue weighted by molar-refractivity contribution is 5.77. The predicted molar refractivity (Wildman–Crippen MR) is 116 cm³/mol. The van der Waals surface area contributed by atoms with Gasteiger partial charge in [0.05, 0.1) is 33.6 Å². The van der Waals surface area contributed by atoms with Crippen LogP contribution in [0.3, 0.4) is 0 Å². The van der Waals surface area contributed by atoms with Crippen molar-refractivity contribution in [3.05, 3.63) is 48.0 Å². The van der Waals surface area contributed by atoms with E-state index in [0.717, 1.165) is 43.1 Å². The van der Waals surface area contributed by atoms with Gasteiger partial charge in [0.25, 0.3) is 0 Å². The summed E-state index contributed by atoms with van der Waals surface area (Å²) in [7, 11) is 4.95. The molecule has 1 atom stereocenters. The van der Waals surface area contributed by atoms with Gasteiger partial charge in [0.1, 0.15) is 5.75 Å². The van der Waals surface area contributed by atoms with Crippen LogP contribution < -0.4 is 30.2 Å². The molecule has 1 saturated heterocycles. The van der Waals surface area contributed by atoms with Crippen molar-refractivity contribution in [3.8, 4) is 17.2 Å². The number of ether oxygens (including phenoxy) is 3. The van der Waals surface area contributed by atoms with Gasteiger partial charge in [-0.05, 0) is 42.2 Å². The Kier molecular flexibility index (Phi) is 7.05. The summed E-state index contributed by atoms with van der Waals surface area (Å²) >= 11 is 0. The zero-order valence-electron chi connectivity index (χ0n) is 17.4. The Hall–Kier alpha value is -3.09. The van der Waals surface area contributed by atoms with Gasteiger partial charge in [0.2, 0.25) is 0 Å². The second kappa shape index (κ2) is 9.91. The lowest BCUT2D eigenvalue weighted by molar-refractivity contribution is 0.354. The first-order valence-corrected chi connectivity index (χ1v) is 9.77. The number of benzene rings is 2. The second-order valence-corrected chi connectivity index (χ2v) is 7.04. The third-order valence-electron chi connectivity index (χ3n) is 5.16. The Morgan fingerprint density at radius 1 is 1.07 bits per heavy atom. The molecule has 1 aliphatic rings. The van der Waals surface area contributed by atoms with E-state index in [-0.39, 0.29) is 0 Å². The lowest BCUT2D eigenvalue weighted by Gasteiger charge is -2.21. The molecule has 0 aromatic heterocycles. The molecule has 3 N–H and O–H groups in total. The molecule has 1 aliphatic heterocycles. The summed E-state index contributed by atoms with van der Waals surface area (Å²) in [6.07, 6.45) is 1.11. The molecule has 0 bridgehead atoms. The molecule has 0 amide bonds. The van der Waals surface area contributed by atoms with Crippen molar-refractivity contribution in [2.24, 2.45) is 16.6 Å². The van der Waals surface area contributed by atoms with Crippen LogP contribution in [0.2, 0.25) is 0 Å². The van der Waals surface area contributed by atoms with Crippen LogP contribution in [0.5, 0.6) is 17.2 Å². The van der Waals surface area contributed by atoms with E-state index in [0.29, 0.717) is 29.9 Å². The van der Waals surface area contributed by atoms with Crippen LogP contribution in [0.1, 0.15) is 12.0 Å². The number of methoxy groups -OCH3 is 3. The van der Waals surface area contributed by atoms with E-state index in [2.05, 4.69) is 21.3 Å². The minimum absolute atomic E-state index is 0.454. The molecule has 0 radical (unpaired) electrons. The molecule has 0 aliphatic carbocycles. The average Bonchev–Trinajstić information content (AvgIpc) is 3.24. The minimum atomic E-state index is 0.454. The minimum Gasteiger partial charge on any atom is -0.495 e. The number of hydrogen-bond donors (Lipinski definition) is 2. The highest BCUT2D eigenvalue weighted by Crippen LogP contribution is 2.31. The van der Waals surface area contributed by atoms with E-state index >= 15 is 0 Å². The zero-order valence-corrected chi connectivity index (χ0v) is 17.4. The number of nitrogens with zero attached hydrogens (tertiary/aromatic N) is 2. The zero-order chi connectivity index (χ0) is 20.6. The topological polar surface area (TPSA) is 81.3 Å². The summed E-state index contributed by atoms with van der Waals surface area (Å²) in [6, 6.07) is 13.9. The highest BCUT2D eigenvalue weighted by atomic mass is 16.5. The Morgan fingerprint density at radius 3 is 2.59 bits per heavy atom. The SMILES string of the molecule is COc1ccc(CN=C(N)NCC2CCN(c3ccccc3OC)C2)cc1OC. The summed E-state index contributed by atoms with van der Waals surface area (Å²) < 4.78 is 16.1. The molecule has 1 heterocycles. The molecule has 7 nitrogen and oxygen atoms in total. The molecule has 2 aromatic carbocycles. The summed E-state index contributed by atoms with van der Waals surface area (Å²) in [5.41, 5.74) is 8.22. The van der Waals surface area contributed by atoms with Crippen molar-refractivity contribution in [2.45, 2.75) is 13.0 Å². The third kappa shape index (κ3) is 5.25. The van der Waals surface area contributed by atoms with Gasteiger partial charge in [-0.25, -0.2) is 4.99 Å². The number of anilines is 1. The normalized spacial score (nSPS) is 16.6. The smallest absolute Gasteiger partial charge is 0.188 e. The Morgan fingerprint density at radius 2 is 1.83 bits per heavy atom. The molecule has 1 unspecified atom stereocenters. The van der Waals surface area contributed by atoms with Crippen molar-refractivity contribution in [1.29, 1.82) is 0 Å². The van der Waals surface area contributed by atoms with Crippen LogP contribution in [-0.4, -0.2) is 46.9 Å². The fraction of sp³-hybridized carbons (Fsp3) is 0.409. The summed E-state index contributed by atoms with van der Waals surface area (Å²) in [6.45, 7) is 3.26. The maximum absolute atomic E-state index is 6.07. The molecule has 7 heteroatoms. The van der Waals surface area contributed by atoms with E-state index in [1.165, 1.54) is 0 Å². The Balaban J connectivity index is 1.50. The van der Waals surface area contributed by atoms with E-state index in [4.69, 9.17) is 19.9 Å². The standard InChI is InChI=1S/C22H30N4O3/c1-27-19-7-5-4-6-18(19)26-11-10-17(15-26)14-25-22(23)24-13-16-8-9-20(28-2)21(12-16)29-3/h4-9,12,17H,10-11,13-15H2,1-3H3,(H3,23,24,25). The first-order valence-electron chi connectivity index (χ1n) is 9.77. The van der Waals surface area contributed by atoms with Gasteiger partial charge in [-0.15, -0.1) is 0 Å². The predicted octanol–water partition coefficient (Wildman–Crippen LogP) is 2.64. The number of nitrogens with two attached hydrogens (primary N) is 1. The quantitative estimate of drug-likeness (QED) is 0.526. The lowest BCUT2D eigenvalue weighted by atomic mass is 10.1. The first-order chi connectivity index (χ1) is 14.1. The van der Waals surface area contributed by atoms with Gasteiger partial charge in [0.15, 0.2) is 17.5 Å². The number of para-hydroxylation sites is 2. The molecule has 1 fully saturated rings. The fourth-order valence-corrected chi connectivity index (χ4v) is 3.57. The molecule has 156 valence electrons. The van der Waals surface area contributed by atoms with E-state index < -0.39 is 0 Å². The maximum Gasteiger partial charge on any atom is 0.188 e. The number of nitrogens with one attached hydrogen (secondary N) is 1. The van der Waals surface area contributed by atoms with Crippen LogP contribution in [0.25, 0.3) is 0 Å². The first kappa shape index (κ1) is 20.6. The van der Waals surface area contributed by atoms with Gasteiger partial charge >= 0.3 is 0 Å². The second-order valence-electron chi connectivity index (χ2n) is 7.04. The van der Waals surface area contributed by atoms with E-state index in [1.54, 1.807) is 21.3 Å². The van der Waals surface area contributed by atoms with Crippen LogP contribution >= 0.6 is 0 Å². The van der Waals surface area contributed by atoms with Crippen molar-refractivity contribution < 1.29 is 14.2 Å². The van der Waals surface area contributed by atoms with E-state index in [1.807, 2.05) is 36.4 Å². The number of rotatable bonds is 8. The fourth-order valence-electron chi connectivity index (χ4n) is 3.57. The highest BCUT2D eigenvalue weighted by Gasteiger charge is 2.24. The molecule has 29 heavy (non-hydrogen) atoms. The number of guanidine groups is 1. The molecule has 3 rings (SSSR count). The molecule has 0 spiro atoms. The Bertz CT molecular complexity index is 841. The molecule has 2 aromatic rings. The summed E-state index contributed by atoms with van der Waals surface area (Å²) in [5, 5.41) is 3.26. The monoisotopic (exact) mass is 398 g/mol. The number of aliphatic imine (C=N–C) groups is 1. The van der Waals surface area contributed by atoms with Crippen molar-refractivity contribution in [3.63, 3.8) is 0 Å². The van der Waals surface area contributed by atoms with Crippen LogP contribution in [0, 0.1) is 5.92 Å².